The highest BCUT2D eigenvalue weighted by Crippen LogP contribution is 2.23. The zero-order valence-electron chi connectivity index (χ0n) is 17.7. The van der Waals surface area contributed by atoms with Crippen molar-refractivity contribution in [2.75, 3.05) is 31.1 Å². The van der Waals surface area contributed by atoms with Crippen LogP contribution in [-0.4, -0.2) is 60.4 Å². The van der Waals surface area contributed by atoms with Crippen LogP contribution < -0.4 is 20.7 Å². The van der Waals surface area contributed by atoms with E-state index < -0.39 is 5.97 Å². The molecule has 9 nitrogen and oxygen atoms in total. The molecular formula is C22H25N3O6S2. The molecule has 3 amide bonds. The average molecular weight is 492 g/mol. The Kier molecular flexibility index (Phi) is 11.7. The van der Waals surface area contributed by atoms with Crippen LogP contribution in [0.1, 0.15) is 27.1 Å². The van der Waals surface area contributed by atoms with E-state index in [0.717, 1.165) is 0 Å². The standard InChI is InChI=1S/C22H25N3O6S2/c26-15-23-10-9-20(28)24-11-13-32-33-14-12-25-21(29)17-6-2-4-8-19(17)31-22(30)16-5-1-3-7-18(16)27/h1-8,15,27H,9-14H2,(H,23,26)(H,24,28)(H,25,29). The number of nitrogens with one attached hydrogen (secondary N) is 3. The Morgan fingerprint density at radius 1 is 0.879 bits per heavy atom. The Balaban J connectivity index is 1.69. The van der Waals surface area contributed by atoms with Gasteiger partial charge in [0.25, 0.3) is 5.91 Å². The number of carbonyl (C=O) groups is 4. The number of aromatic hydroxyl groups is 1. The number of phenols is 1. The third kappa shape index (κ3) is 9.46. The minimum absolute atomic E-state index is 0.00922. The zero-order chi connectivity index (χ0) is 23.9. The largest absolute Gasteiger partial charge is 0.507 e. The second-order valence-electron chi connectivity index (χ2n) is 6.47. The Hall–Kier alpha value is -3.18. The SMILES string of the molecule is O=CNCCC(=O)NCCSSCCNC(=O)c1ccccc1OC(=O)c1ccccc1O. The summed E-state index contributed by atoms with van der Waals surface area (Å²) in [6, 6.07) is 12.4. The number of benzene rings is 2. The molecule has 0 aliphatic heterocycles. The molecule has 2 aromatic rings. The molecule has 176 valence electrons. The molecule has 2 rings (SSSR count). The fourth-order valence-electron chi connectivity index (χ4n) is 2.53. The molecule has 4 N–H and O–H groups in total. The van der Waals surface area contributed by atoms with Crippen LogP contribution in [0.4, 0.5) is 0 Å². The Bertz CT molecular complexity index is 957. The van der Waals surface area contributed by atoms with Gasteiger partial charge in [-0.3, -0.25) is 14.4 Å². The fourth-order valence-corrected chi connectivity index (χ4v) is 4.34. The first-order valence-electron chi connectivity index (χ1n) is 10.1. The van der Waals surface area contributed by atoms with Crippen molar-refractivity contribution >= 4 is 45.8 Å². The monoisotopic (exact) mass is 491 g/mol. The molecule has 11 heteroatoms. The van der Waals surface area contributed by atoms with Crippen LogP contribution in [0.15, 0.2) is 48.5 Å². The molecule has 0 aliphatic carbocycles. The number of esters is 1. The van der Waals surface area contributed by atoms with E-state index in [1.54, 1.807) is 51.9 Å². The zero-order valence-corrected chi connectivity index (χ0v) is 19.4. The molecule has 0 fully saturated rings. The normalized spacial score (nSPS) is 10.2. The van der Waals surface area contributed by atoms with Crippen molar-refractivity contribution < 1.29 is 29.0 Å². The van der Waals surface area contributed by atoms with Crippen molar-refractivity contribution in [1.29, 1.82) is 0 Å². The minimum atomic E-state index is -0.757. The molecule has 33 heavy (non-hydrogen) atoms. The van der Waals surface area contributed by atoms with E-state index >= 15 is 0 Å². The molecule has 0 saturated heterocycles. The summed E-state index contributed by atoms with van der Waals surface area (Å²) in [6.45, 7) is 1.23. The summed E-state index contributed by atoms with van der Waals surface area (Å²) in [5, 5.41) is 17.8. The number of phenolic OH excluding ortho intramolecular Hbond substituents is 1. The number of hydrogen-bond donors (Lipinski definition) is 4. The van der Waals surface area contributed by atoms with Gasteiger partial charge >= 0.3 is 5.97 Å². The highest BCUT2D eigenvalue weighted by molar-refractivity contribution is 8.76. The Morgan fingerprint density at radius 2 is 1.52 bits per heavy atom. The lowest BCUT2D eigenvalue weighted by molar-refractivity contribution is -0.120. The molecule has 0 radical (unpaired) electrons. The van der Waals surface area contributed by atoms with Crippen molar-refractivity contribution in [1.82, 2.24) is 16.0 Å². The van der Waals surface area contributed by atoms with Gasteiger partial charge in [0.2, 0.25) is 12.3 Å². The second kappa shape index (κ2) is 14.8. The van der Waals surface area contributed by atoms with Crippen molar-refractivity contribution in [3.8, 4) is 11.5 Å². The van der Waals surface area contributed by atoms with E-state index in [1.165, 1.54) is 18.2 Å². The maximum absolute atomic E-state index is 12.5. The lowest BCUT2D eigenvalue weighted by atomic mass is 10.1. The number of ether oxygens (including phenoxy) is 1. The van der Waals surface area contributed by atoms with Gasteiger partial charge in [-0.15, -0.1) is 0 Å². The minimum Gasteiger partial charge on any atom is -0.507 e. The summed E-state index contributed by atoms with van der Waals surface area (Å²) in [7, 11) is 3.12. The molecule has 0 bridgehead atoms. The van der Waals surface area contributed by atoms with Gasteiger partial charge in [0.15, 0.2) is 0 Å². The van der Waals surface area contributed by atoms with Gasteiger partial charge in [-0.2, -0.15) is 0 Å². The van der Waals surface area contributed by atoms with Gasteiger partial charge in [0, 0.05) is 37.6 Å². The lowest BCUT2D eigenvalue weighted by Crippen LogP contribution is -2.28. The summed E-state index contributed by atoms with van der Waals surface area (Å²) in [6.07, 6.45) is 0.798. The summed E-state index contributed by atoms with van der Waals surface area (Å²) < 4.78 is 5.33. The van der Waals surface area contributed by atoms with Crippen LogP contribution >= 0.6 is 21.6 Å². The van der Waals surface area contributed by atoms with Gasteiger partial charge in [-0.1, -0.05) is 45.9 Å². The van der Waals surface area contributed by atoms with E-state index in [1.807, 2.05) is 0 Å². The Morgan fingerprint density at radius 3 is 2.21 bits per heavy atom. The predicted octanol–water partition coefficient (Wildman–Crippen LogP) is 1.97. The quantitative estimate of drug-likeness (QED) is 0.104. The summed E-state index contributed by atoms with van der Waals surface area (Å²) >= 11 is 0. The number of para-hydroxylation sites is 2. The average Bonchev–Trinajstić information content (AvgIpc) is 2.81. The third-order valence-electron chi connectivity index (χ3n) is 4.10. The first-order valence-corrected chi connectivity index (χ1v) is 12.6. The molecule has 0 aromatic heterocycles. The van der Waals surface area contributed by atoms with Crippen LogP contribution in [0.3, 0.4) is 0 Å². The van der Waals surface area contributed by atoms with Crippen molar-refractivity contribution in [2.24, 2.45) is 0 Å². The summed E-state index contributed by atoms with van der Waals surface area (Å²) in [4.78, 5) is 46.5. The van der Waals surface area contributed by atoms with Gasteiger partial charge in [0.1, 0.15) is 17.1 Å². The molecule has 0 spiro atoms. The summed E-state index contributed by atoms with van der Waals surface area (Å²) in [5.74, 6) is -0.00366. The molecular weight excluding hydrogens is 466 g/mol. The van der Waals surface area contributed by atoms with E-state index in [-0.39, 0.29) is 40.9 Å². The number of carbonyl (C=O) groups excluding carboxylic acids is 4. The topological polar surface area (TPSA) is 134 Å². The highest BCUT2D eigenvalue weighted by atomic mass is 33.1. The molecule has 0 unspecified atom stereocenters. The van der Waals surface area contributed by atoms with Crippen molar-refractivity contribution in [3.63, 3.8) is 0 Å². The molecule has 2 aromatic carbocycles. The van der Waals surface area contributed by atoms with Gasteiger partial charge < -0.3 is 25.8 Å². The van der Waals surface area contributed by atoms with E-state index in [2.05, 4.69) is 16.0 Å². The van der Waals surface area contributed by atoms with Crippen LogP contribution in [0.25, 0.3) is 0 Å². The number of amides is 3. The van der Waals surface area contributed by atoms with E-state index in [4.69, 9.17) is 4.74 Å². The molecule has 0 saturated carbocycles. The molecule has 0 heterocycles. The highest BCUT2D eigenvalue weighted by Gasteiger charge is 2.17. The molecule has 0 aliphatic rings. The van der Waals surface area contributed by atoms with Crippen LogP contribution in [0.2, 0.25) is 0 Å². The molecule has 0 atom stereocenters. The fraction of sp³-hybridized carbons (Fsp3) is 0.273. The van der Waals surface area contributed by atoms with Gasteiger partial charge in [0.05, 0.1) is 5.56 Å². The number of hydrogen-bond acceptors (Lipinski definition) is 8. The van der Waals surface area contributed by atoms with Crippen molar-refractivity contribution in [3.05, 3.63) is 59.7 Å². The lowest BCUT2D eigenvalue weighted by Gasteiger charge is -2.11. The maximum Gasteiger partial charge on any atom is 0.347 e. The first kappa shape index (κ1) is 26.1. The van der Waals surface area contributed by atoms with Crippen LogP contribution in [0, 0.1) is 0 Å². The van der Waals surface area contributed by atoms with Crippen LogP contribution in [-0.2, 0) is 9.59 Å². The van der Waals surface area contributed by atoms with E-state index in [9.17, 15) is 24.3 Å². The van der Waals surface area contributed by atoms with Gasteiger partial charge in [-0.05, 0) is 24.3 Å². The van der Waals surface area contributed by atoms with Gasteiger partial charge in [-0.25, -0.2) is 4.79 Å². The Labute approximate surface area is 199 Å². The maximum atomic E-state index is 12.5. The second-order valence-corrected chi connectivity index (χ2v) is 9.18. The van der Waals surface area contributed by atoms with Crippen molar-refractivity contribution in [2.45, 2.75) is 6.42 Å². The predicted molar refractivity (Wildman–Crippen MR) is 128 cm³/mol. The first-order chi connectivity index (χ1) is 16.0. The third-order valence-corrected chi connectivity index (χ3v) is 6.51. The number of rotatable bonds is 14. The van der Waals surface area contributed by atoms with E-state index in [0.29, 0.717) is 37.6 Å². The van der Waals surface area contributed by atoms with Crippen LogP contribution in [0.5, 0.6) is 11.5 Å². The summed E-state index contributed by atoms with van der Waals surface area (Å²) in [5.41, 5.74) is 0.223. The smallest absolute Gasteiger partial charge is 0.347 e.